The summed E-state index contributed by atoms with van der Waals surface area (Å²) < 4.78 is 11.4. The minimum Gasteiger partial charge on any atom is -0.380 e. The van der Waals surface area contributed by atoms with Crippen LogP contribution in [0.15, 0.2) is 0 Å². The van der Waals surface area contributed by atoms with E-state index in [2.05, 4.69) is 5.43 Å². The number of hydrogen-bond donors (Lipinski definition) is 2. The van der Waals surface area contributed by atoms with E-state index in [4.69, 9.17) is 15.3 Å². The van der Waals surface area contributed by atoms with E-state index in [-0.39, 0.29) is 11.6 Å². The van der Waals surface area contributed by atoms with Gasteiger partial charge in [0.25, 0.3) is 0 Å². The van der Waals surface area contributed by atoms with Gasteiger partial charge in [-0.1, -0.05) is 0 Å². The molecule has 0 aromatic carbocycles. The van der Waals surface area contributed by atoms with Crippen LogP contribution >= 0.6 is 0 Å². The SMILES string of the molecule is CCOCC(NN)C1CCOC2(CCC2)C1. The van der Waals surface area contributed by atoms with Gasteiger partial charge < -0.3 is 9.47 Å². The topological polar surface area (TPSA) is 56.5 Å². The fourth-order valence-electron chi connectivity index (χ4n) is 2.89. The lowest BCUT2D eigenvalue weighted by molar-refractivity contribution is -0.149. The first-order valence-electron chi connectivity index (χ1n) is 6.47. The van der Waals surface area contributed by atoms with E-state index < -0.39 is 0 Å². The van der Waals surface area contributed by atoms with E-state index >= 15 is 0 Å². The van der Waals surface area contributed by atoms with Gasteiger partial charge in [0, 0.05) is 19.3 Å². The van der Waals surface area contributed by atoms with Crippen molar-refractivity contribution in [3.05, 3.63) is 0 Å². The Morgan fingerprint density at radius 1 is 1.56 bits per heavy atom. The molecule has 2 rings (SSSR count). The lowest BCUT2D eigenvalue weighted by atomic mass is 9.70. The Hall–Kier alpha value is -0.160. The third kappa shape index (κ3) is 2.56. The number of ether oxygens (including phenoxy) is 2. The number of hydrogen-bond acceptors (Lipinski definition) is 4. The van der Waals surface area contributed by atoms with Crippen LogP contribution in [0.25, 0.3) is 0 Å². The van der Waals surface area contributed by atoms with Crippen LogP contribution in [0, 0.1) is 5.92 Å². The van der Waals surface area contributed by atoms with E-state index in [0.717, 1.165) is 26.1 Å². The molecule has 1 aliphatic carbocycles. The molecule has 16 heavy (non-hydrogen) atoms. The molecule has 3 N–H and O–H groups in total. The monoisotopic (exact) mass is 228 g/mol. The molecule has 0 bridgehead atoms. The average molecular weight is 228 g/mol. The maximum Gasteiger partial charge on any atom is 0.0685 e. The van der Waals surface area contributed by atoms with Crippen molar-refractivity contribution in [2.75, 3.05) is 19.8 Å². The zero-order valence-electron chi connectivity index (χ0n) is 10.2. The highest BCUT2D eigenvalue weighted by Crippen LogP contribution is 2.44. The Morgan fingerprint density at radius 2 is 2.38 bits per heavy atom. The summed E-state index contributed by atoms with van der Waals surface area (Å²) >= 11 is 0. The zero-order chi connectivity index (χ0) is 11.4. The standard InChI is InChI=1S/C12H24N2O2/c1-2-15-9-11(14-13)10-4-7-16-12(8-10)5-3-6-12/h10-11,14H,2-9,13H2,1H3. The summed E-state index contributed by atoms with van der Waals surface area (Å²) in [4.78, 5) is 0. The summed E-state index contributed by atoms with van der Waals surface area (Å²) in [5.41, 5.74) is 3.11. The molecule has 2 aliphatic rings. The summed E-state index contributed by atoms with van der Waals surface area (Å²) in [6.07, 6.45) is 6.03. The molecule has 0 radical (unpaired) electrons. The van der Waals surface area contributed by atoms with Crippen LogP contribution in [0.5, 0.6) is 0 Å². The van der Waals surface area contributed by atoms with E-state index in [9.17, 15) is 0 Å². The van der Waals surface area contributed by atoms with Crippen LogP contribution < -0.4 is 11.3 Å². The molecule has 0 amide bonds. The van der Waals surface area contributed by atoms with Gasteiger partial charge in [0.2, 0.25) is 0 Å². The van der Waals surface area contributed by atoms with Gasteiger partial charge in [-0.05, 0) is 44.9 Å². The zero-order valence-corrected chi connectivity index (χ0v) is 10.2. The Balaban J connectivity index is 1.86. The van der Waals surface area contributed by atoms with Crippen molar-refractivity contribution in [3.63, 3.8) is 0 Å². The molecule has 2 atom stereocenters. The van der Waals surface area contributed by atoms with Crippen LogP contribution in [0.1, 0.15) is 39.0 Å². The first-order chi connectivity index (χ1) is 7.79. The van der Waals surface area contributed by atoms with Gasteiger partial charge in [0.1, 0.15) is 0 Å². The van der Waals surface area contributed by atoms with Crippen molar-refractivity contribution >= 4 is 0 Å². The summed E-state index contributed by atoms with van der Waals surface area (Å²) in [6.45, 7) is 4.38. The second kappa shape index (κ2) is 5.45. The second-order valence-corrected chi connectivity index (χ2v) is 5.07. The smallest absolute Gasteiger partial charge is 0.0685 e. The van der Waals surface area contributed by atoms with Gasteiger partial charge in [-0.2, -0.15) is 0 Å². The van der Waals surface area contributed by atoms with E-state index in [1.165, 1.54) is 19.3 Å². The molecule has 1 saturated heterocycles. The molecule has 4 nitrogen and oxygen atoms in total. The van der Waals surface area contributed by atoms with Gasteiger partial charge in [0.05, 0.1) is 12.2 Å². The van der Waals surface area contributed by atoms with Crippen molar-refractivity contribution in [2.24, 2.45) is 11.8 Å². The molecule has 94 valence electrons. The fraction of sp³-hybridized carbons (Fsp3) is 1.00. The van der Waals surface area contributed by atoms with Crippen LogP contribution in [0.2, 0.25) is 0 Å². The minimum absolute atomic E-state index is 0.199. The molecule has 2 fully saturated rings. The summed E-state index contributed by atoms with van der Waals surface area (Å²) in [6, 6.07) is 0.279. The van der Waals surface area contributed by atoms with Crippen LogP contribution in [-0.2, 0) is 9.47 Å². The highest BCUT2D eigenvalue weighted by Gasteiger charge is 2.44. The van der Waals surface area contributed by atoms with Crippen molar-refractivity contribution < 1.29 is 9.47 Å². The Kier molecular flexibility index (Phi) is 4.19. The molecule has 2 unspecified atom stereocenters. The summed E-state index contributed by atoms with van der Waals surface area (Å²) in [5, 5.41) is 0. The Bertz CT molecular complexity index is 219. The predicted octanol–water partition coefficient (Wildman–Crippen LogP) is 1.20. The summed E-state index contributed by atoms with van der Waals surface area (Å²) in [5.74, 6) is 6.22. The quantitative estimate of drug-likeness (QED) is 0.548. The van der Waals surface area contributed by atoms with Gasteiger partial charge in [-0.3, -0.25) is 11.3 Å². The highest BCUT2D eigenvalue weighted by molar-refractivity contribution is 4.96. The van der Waals surface area contributed by atoms with Gasteiger partial charge >= 0.3 is 0 Å². The maximum absolute atomic E-state index is 5.92. The molecule has 0 aromatic heterocycles. The molecule has 1 spiro atoms. The third-order valence-electron chi connectivity index (χ3n) is 4.08. The number of nitrogens with two attached hydrogens (primary N) is 1. The van der Waals surface area contributed by atoms with Crippen molar-refractivity contribution in [1.82, 2.24) is 5.43 Å². The lowest BCUT2D eigenvalue weighted by Gasteiger charge is -2.48. The number of hydrazine groups is 1. The Morgan fingerprint density at radius 3 is 2.94 bits per heavy atom. The van der Waals surface area contributed by atoms with Crippen LogP contribution in [0.3, 0.4) is 0 Å². The largest absolute Gasteiger partial charge is 0.380 e. The highest BCUT2D eigenvalue weighted by atomic mass is 16.5. The predicted molar refractivity (Wildman–Crippen MR) is 62.9 cm³/mol. The van der Waals surface area contributed by atoms with Crippen molar-refractivity contribution in [1.29, 1.82) is 0 Å². The second-order valence-electron chi connectivity index (χ2n) is 5.07. The first-order valence-corrected chi connectivity index (χ1v) is 6.47. The van der Waals surface area contributed by atoms with Gasteiger partial charge in [-0.15, -0.1) is 0 Å². The molecular formula is C12H24N2O2. The molecule has 0 aromatic rings. The van der Waals surface area contributed by atoms with Crippen LogP contribution in [-0.4, -0.2) is 31.5 Å². The maximum atomic E-state index is 5.92. The van der Waals surface area contributed by atoms with Crippen molar-refractivity contribution in [3.8, 4) is 0 Å². The minimum atomic E-state index is 0.199. The van der Waals surface area contributed by atoms with Gasteiger partial charge in [0.15, 0.2) is 0 Å². The van der Waals surface area contributed by atoms with Crippen LogP contribution in [0.4, 0.5) is 0 Å². The van der Waals surface area contributed by atoms with E-state index in [1.807, 2.05) is 6.92 Å². The van der Waals surface area contributed by atoms with E-state index in [1.54, 1.807) is 0 Å². The Labute approximate surface area is 97.8 Å². The number of rotatable bonds is 5. The van der Waals surface area contributed by atoms with E-state index in [0.29, 0.717) is 12.5 Å². The van der Waals surface area contributed by atoms with Gasteiger partial charge in [-0.25, -0.2) is 0 Å². The first kappa shape index (κ1) is 12.3. The lowest BCUT2D eigenvalue weighted by Crippen LogP contribution is -2.52. The van der Waals surface area contributed by atoms with Crippen molar-refractivity contribution in [2.45, 2.75) is 50.7 Å². The third-order valence-corrected chi connectivity index (χ3v) is 4.08. The number of nitrogens with one attached hydrogen (secondary N) is 1. The average Bonchev–Trinajstić information content (AvgIpc) is 2.28. The summed E-state index contributed by atoms with van der Waals surface area (Å²) in [7, 11) is 0. The molecular weight excluding hydrogens is 204 g/mol. The molecule has 1 aliphatic heterocycles. The fourth-order valence-corrected chi connectivity index (χ4v) is 2.89. The molecule has 1 heterocycles. The molecule has 1 saturated carbocycles. The normalized spacial score (nSPS) is 30.0. The molecule has 4 heteroatoms.